The number of rotatable bonds is 7. The van der Waals surface area contributed by atoms with Crippen molar-refractivity contribution in [1.82, 2.24) is 15.5 Å². The van der Waals surface area contributed by atoms with Crippen molar-refractivity contribution in [2.24, 2.45) is 28.7 Å². The molecule has 0 radical (unpaired) electrons. The van der Waals surface area contributed by atoms with Crippen LogP contribution in [-0.2, 0) is 16.0 Å². The molecule has 1 saturated carbocycles. The van der Waals surface area contributed by atoms with Crippen LogP contribution in [0.3, 0.4) is 0 Å². The quantitative estimate of drug-likeness (QED) is 0.300. The summed E-state index contributed by atoms with van der Waals surface area (Å²) in [5.41, 5.74) is 0.446. The molecule has 1 heterocycles. The van der Waals surface area contributed by atoms with E-state index in [-0.39, 0.29) is 41.3 Å². The highest BCUT2D eigenvalue weighted by atomic mass is 35.5. The van der Waals surface area contributed by atoms with Gasteiger partial charge in [-0.25, -0.2) is 4.39 Å². The number of aliphatic imine (C=N–C) groups is 1. The van der Waals surface area contributed by atoms with Gasteiger partial charge in [0.15, 0.2) is 5.96 Å². The zero-order chi connectivity index (χ0) is 21.3. The second-order valence-electron chi connectivity index (χ2n) is 7.97. The Balaban J connectivity index is 1.31. The summed E-state index contributed by atoms with van der Waals surface area (Å²) in [5.74, 6) is 0.248. The van der Waals surface area contributed by atoms with Crippen LogP contribution >= 0.6 is 11.6 Å². The van der Waals surface area contributed by atoms with Crippen LogP contribution in [0.25, 0.3) is 0 Å². The molecule has 6 nitrogen and oxygen atoms in total. The monoisotopic (exact) mass is 432 g/mol. The third-order valence-corrected chi connectivity index (χ3v) is 6.58. The Labute approximate surface area is 180 Å². The summed E-state index contributed by atoms with van der Waals surface area (Å²) in [6.45, 7) is 3.69. The van der Waals surface area contributed by atoms with E-state index >= 15 is 0 Å². The van der Waals surface area contributed by atoms with E-state index in [9.17, 15) is 14.0 Å². The highest BCUT2D eigenvalue weighted by Gasteiger charge is 2.58. The number of guanidine groups is 1. The number of amides is 2. The van der Waals surface area contributed by atoms with Crippen molar-refractivity contribution in [1.29, 1.82) is 0 Å². The van der Waals surface area contributed by atoms with Crippen molar-refractivity contribution < 1.29 is 14.0 Å². The Morgan fingerprint density at radius 1 is 1.20 bits per heavy atom. The SMILES string of the molecule is CCNC(=NCCc1c(F)cccc1Cl)NCCN1C(=O)C2C3C=CC(C3)C2C1=O. The Morgan fingerprint density at radius 3 is 2.53 bits per heavy atom. The van der Waals surface area contributed by atoms with E-state index in [1.807, 2.05) is 6.92 Å². The molecule has 1 aromatic carbocycles. The predicted molar refractivity (Wildman–Crippen MR) is 114 cm³/mol. The fourth-order valence-corrected chi connectivity index (χ4v) is 5.12. The van der Waals surface area contributed by atoms with E-state index in [1.54, 1.807) is 12.1 Å². The molecular formula is C22H26ClFN4O2. The van der Waals surface area contributed by atoms with Gasteiger partial charge in [0, 0.05) is 36.8 Å². The molecule has 2 fully saturated rings. The van der Waals surface area contributed by atoms with Crippen LogP contribution in [0.5, 0.6) is 0 Å². The van der Waals surface area contributed by atoms with Gasteiger partial charge in [-0.2, -0.15) is 0 Å². The Bertz CT molecular complexity index is 853. The number of nitrogens with one attached hydrogen (secondary N) is 2. The van der Waals surface area contributed by atoms with Gasteiger partial charge < -0.3 is 10.6 Å². The number of likely N-dealkylation sites (tertiary alicyclic amines) is 1. The number of fused-ring (bicyclic) bond motifs is 5. The van der Waals surface area contributed by atoms with Crippen LogP contribution in [0.4, 0.5) is 4.39 Å². The lowest BCUT2D eigenvalue weighted by Crippen LogP contribution is -2.43. The summed E-state index contributed by atoms with van der Waals surface area (Å²) in [6, 6.07) is 4.62. The minimum Gasteiger partial charge on any atom is -0.357 e. The van der Waals surface area contributed by atoms with E-state index in [2.05, 4.69) is 27.8 Å². The molecule has 2 aliphatic carbocycles. The number of hydrogen-bond acceptors (Lipinski definition) is 3. The average molecular weight is 433 g/mol. The molecule has 1 saturated heterocycles. The van der Waals surface area contributed by atoms with E-state index in [0.29, 0.717) is 49.1 Å². The van der Waals surface area contributed by atoms with Crippen LogP contribution in [-0.4, -0.2) is 48.9 Å². The lowest BCUT2D eigenvalue weighted by atomic mass is 9.85. The number of hydrogen-bond donors (Lipinski definition) is 2. The first-order valence-electron chi connectivity index (χ1n) is 10.5. The second kappa shape index (κ2) is 8.76. The molecule has 1 aromatic rings. The van der Waals surface area contributed by atoms with Crippen LogP contribution in [0.1, 0.15) is 18.9 Å². The van der Waals surface area contributed by atoms with Crippen molar-refractivity contribution in [2.45, 2.75) is 19.8 Å². The number of benzene rings is 1. The van der Waals surface area contributed by atoms with E-state index in [4.69, 9.17) is 11.6 Å². The fourth-order valence-electron chi connectivity index (χ4n) is 4.86. The van der Waals surface area contributed by atoms with Crippen LogP contribution in [0.15, 0.2) is 35.3 Å². The predicted octanol–water partition coefficient (Wildman–Crippen LogP) is 2.38. The maximum absolute atomic E-state index is 13.9. The number of allylic oxidation sites excluding steroid dienone is 2. The van der Waals surface area contributed by atoms with Gasteiger partial charge in [0.2, 0.25) is 11.8 Å². The van der Waals surface area contributed by atoms with Crippen LogP contribution in [0.2, 0.25) is 5.02 Å². The third-order valence-electron chi connectivity index (χ3n) is 6.23. The largest absolute Gasteiger partial charge is 0.357 e. The smallest absolute Gasteiger partial charge is 0.233 e. The molecular weight excluding hydrogens is 407 g/mol. The number of nitrogens with zero attached hydrogens (tertiary/aromatic N) is 2. The molecule has 0 aromatic heterocycles. The number of halogens is 2. The summed E-state index contributed by atoms with van der Waals surface area (Å²) in [7, 11) is 0. The van der Waals surface area contributed by atoms with Crippen molar-refractivity contribution in [3.63, 3.8) is 0 Å². The fraction of sp³-hybridized carbons (Fsp3) is 0.500. The minimum atomic E-state index is -0.337. The first-order valence-corrected chi connectivity index (χ1v) is 10.9. The second-order valence-corrected chi connectivity index (χ2v) is 8.37. The van der Waals surface area contributed by atoms with Gasteiger partial charge in [-0.1, -0.05) is 29.8 Å². The summed E-state index contributed by atoms with van der Waals surface area (Å²) >= 11 is 6.06. The molecule has 2 bridgehead atoms. The lowest BCUT2D eigenvalue weighted by molar-refractivity contribution is -0.140. The van der Waals surface area contributed by atoms with Crippen molar-refractivity contribution >= 4 is 29.4 Å². The first-order chi connectivity index (χ1) is 14.5. The normalized spacial score (nSPS) is 27.2. The Hall–Kier alpha value is -2.41. The number of carbonyl (C=O) groups excluding carboxylic acids is 2. The Kier molecular flexibility index (Phi) is 6.09. The summed E-state index contributed by atoms with van der Waals surface area (Å²) < 4.78 is 13.9. The molecule has 4 rings (SSSR count). The molecule has 4 atom stereocenters. The molecule has 2 amide bonds. The van der Waals surface area contributed by atoms with Gasteiger partial charge in [-0.05, 0) is 43.7 Å². The summed E-state index contributed by atoms with van der Waals surface area (Å²) in [5, 5.41) is 6.67. The molecule has 8 heteroatoms. The van der Waals surface area contributed by atoms with Crippen LogP contribution < -0.4 is 10.6 Å². The van der Waals surface area contributed by atoms with Crippen molar-refractivity contribution in [3.05, 3.63) is 46.8 Å². The highest BCUT2D eigenvalue weighted by molar-refractivity contribution is 6.31. The zero-order valence-corrected chi connectivity index (χ0v) is 17.7. The maximum Gasteiger partial charge on any atom is 0.233 e. The van der Waals surface area contributed by atoms with Gasteiger partial charge in [-0.3, -0.25) is 19.5 Å². The first kappa shape index (κ1) is 20.8. The minimum absolute atomic E-state index is 0.0419. The molecule has 1 aliphatic heterocycles. The summed E-state index contributed by atoms with van der Waals surface area (Å²) in [6.07, 6.45) is 5.50. The third kappa shape index (κ3) is 3.83. The highest BCUT2D eigenvalue weighted by Crippen LogP contribution is 2.52. The number of imide groups is 1. The standard InChI is InChI=1S/C22H26ClFN4O2/c1-2-25-22(26-9-8-15-16(23)4-3-5-17(15)24)27-10-11-28-20(29)18-13-6-7-14(12-13)19(18)21(28)30/h3-7,13-14,18-19H,2,8-12H2,1H3,(H2,25,26,27). The van der Waals surface area contributed by atoms with E-state index in [1.165, 1.54) is 11.0 Å². The van der Waals surface area contributed by atoms with Crippen molar-refractivity contribution in [3.8, 4) is 0 Å². The molecule has 3 aliphatic rings. The van der Waals surface area contributed by atoms with Gasteiger partial charge >= 0.3 is 0 Å². The van der Waals surface area contributed by atoms with Gasteiger partial charge in [0.1, 0.15) is 5.82 Å². The van der Waals surface area contributed by atoms with Crippen LogP contribution in [0, 0.1) is 29.5 Å². The number of carbonyl (C=O) groups is 2. The molecule has 2 N–H and O–H groups in total. The van der Waals surface area contributed by atoms with Gasteiger partial charge in [0.25, 0.3) is 0 Å². The van der Waals surface area contributed by atoms with E-state index in [0.717, 1.165) is 6.42 Å². The maximum atomic E-state index is 13.9. The summed E-state index contributed by atoms with van der Waals surface area (Å²) in [4.78, 5) is 31.3. The topological polar surface area (TPSA) is 73.8 Å². The average Bonchev–Trinajstić information content (AvgIpc) is 3.39. The zero-order valence-electron chi connectivity index (χ0n) is 16.9. The van der Waals surface area contributed by atoms with Gasteiger partial charge in [0.05, 0.1) is 11.8 Å². The van der Waals surface area contributed by atoms with Crippen molar-refractivity contribution in [2.75, 3.05) is 26.2 Å². The molecule has 160 valence electrons. The van der Waals surface area contributed by atoms with E-state index < -0.39 is 0 Å². The molecule has 30 heavy (non-hydrogen) atoms. The van der Waals surface area contributed by atoms with Gasteiger partial charge in [-0.15, -0.1) is 0 Å². The molecule has 0 spiro atoms. The lowest BCUT2D eigenvalue weighted by Gasteiger charge is -2.18. The molecule has 4 unspecified atom stereocenters. The Morgan fingerprint density at radius 2 is 1.90 bits per heavy atom.